The van der Waals surface area contributed by atoms with Crippen LogP contribution in [0.5, 0.6) is 5.75 Å². The molecule has 106 valence electrons. The Morgan fingerprint density at radius 3 is 2.70 bits per heavy atom. The Kier molecular flexibility index (Phi) is 5.58. The van der Waals surface area contributed by atoms with Gasteiger partial charge in [0.1, 0.15) is 5.75 Å². The highest BCUT2D eigenvalue weighted by Gasteiger charge is 2.06. The number of nitrogens with one attached hydrogen (secondary N) is 1. The molecule has 0 heterocycles. The standard InChI is InChI=1S/C15H14BrCl2NO/c1-2-20-15-6-4-12(17)8-14(15)19-9-10-7-11(16)3-5-13(10)18/h3-8,19H,2,9H2,1H3. The minimum absolute atomic E-state index is 0.596. The first-order chi connectivity index (χ1) is 9.60. The molecular formula is C15H14BrCl2NO. The second-order valence-electron chi connectivity index (χ2n) is 4.16. The van der Waals surface area contributed by atoms with Crippen molar-refractivity contribution in [2.45, 2.75) is 13.5 Å². The van der Waals surface area contributed by atoms with Crippen LogP contribution < -0.4 is 10.1 Å². The average Bonchev–Trinajstić information content (AvgIpc) is 2.42. The van der Waals surface area contributed by atoms with E-state index in [1.807, 2.05) is 43.3 Å². The molecule has 0 aliphatic heterocycles. The number of hydrogen-bond acceptors (Lipinski definition) is 2. The fourth-order valence-electron chi connectivity index (χ4n) is 1.79. The van der Waals surface area contributed by atoms with E-state index >= 15 is 0 Å². The Bertz CT molecular complexity index is 604. The lowest BCUT2D eigenvalue weighted by Gasteiger charge is -2.13. The molecule has 2 rings (SSSR count). The van der Waals surface area contributed by atoms with E-state index in [-0.39, 0.29) is 0 Å². The smallest absolute Gasteiger partial charge is 0.142 e. The van der Waals surface area contributed by atoms with Gasteiger partial charge in [-0.05, 0) is 48.9 Å². The van der Waals surface area contributed by atoms with Crippen molar-refractivity contribution in [3.8, 4) is 5.75 Å². The summed E-state index contributed by atoms with van der Waals surface area (Å²) >= 11 is 15.6. The molecule has 0 aliphatic rings. The predicted molar refractivity (Wildman–Crippen MR) is 89.1 cm³/mol. The fraction of sp³-hybridized carbons (Fsp3) is 0.200. The number of rotatable bonds is 5. The maximum absolute atomic E-state index is 6.18. The molecule has 2 aromatic carbocycles. The molecule has 5 heteroatoms. The summed E-state index contributed by atoms with van der Waals surface area (Å²) in [6.45, 7) is 3.15. The highest BCUT2D eigenvalue weighted by atomic mass is 79.9. The second kappa shape index (κ2) is 7.21. The summed E-state index contributed by atoms with van der Waals surface area (Å²) in [4.78, 5) is 0. The highest BCUT2D eigenvalue weighted by Crippen LogP contribution is 2.29. The van der Waals surface area contributed by atoms with E-state index in [2.05, 4.69) is 21.2 Å². The Balaban J connectivity index is 2.17. The molecule has 0 unspecified atom stereocenters. The predicted octanol–water partition coefficient (Wildman–Crippen LogP) is 5.77. The molecule has 0 spiro atoms. The van der Waals surface area contributed by atoms with Crippen LogP contribution in [0.2, 0.25) is 10.0 Å². The summed E-state index contributed by atoms with van der Waals surface area (Å²) in [5.74, 6) is 0.781. The number of hydrogen-bond donors (Lipinski definition) is 1. The van der Waals surface area contributed by atoms with Gasteiger partial charge in [-0.15, -0.1) is 0 Å². The van der Waals surface area contributed by atoms with Crippen LogP contribution in [0.1, 0.15) is 12.5 Å². The van der Waals surface area contributed by atoms with Gasteiger partial charge in [-0.2, -0.15) is 0 Å². The van der Waals surface area contributed by atoms with Crippen molar-refractivity contribution >= 4 is 44.8 Å². The van der Waals surface area contributed by atoms with Gasteiger partial charge in [-0.1, -0.05) is 39.1 Å². The van der Waals surface area contributed by atoms with E-state index in [4.69, 9.17) is 27.9 Å². The molecule has 0 bridgehead atoms. The Morgan fingerprint density at radius 2 is 1.95 bits per heavy atom. The molecule has 0 amide bonds. The molecule has 2 aromatic rings. The molecule has 0 aromatic heterocycles. The third kappa shape index (κ3) is 4.05. The van der Waals surface area contributed by atoms with Crippen molar-refractivity contribution < 1.29 is 4.74 Å². The summed E-state index contributed by atoms with van der Waals surface area (Å²) in [5.41, 5.74) is 1.86. The van der Waals surface area contributed by atoms with Crippen LogP contribution in [-0.2, 0) is 6.54 Å². The van der Waals surface area contributed by atoms with Crippen molar-refractivity contribution in [2.75, 3.05) is 11.9 Å². The van der Waals surface area contributed by atoms with Gasteiger partial charge in [-0.3, -0.25) is 0 Å². The number of ether oxygens (including phenoxy) is 1. The molecule has 0 saturated heterocycles. The van der Waals surface area contributed by atoms with Crippen LogP contribution >= 0.6 is 39.1 Å². The fourth-order valence-corrected chi connectivity index (χ4v) is 2.56. The summed E-state index contributed by atoms with van der Waals surface area (Å²) in [6.07, 6.45) is 0. The first-order valence-corrected chi connectivity index (χ1v) is 7.75. The number of anilines is 1. The normalized spacial score (nSPS) is 10.4. The lowest BCUT2D eigenvalue weighted by Crippen LogP contribution is -2.03. The first-order valence-electron chi connectivity index (χ1n) is 6.20. The number of benzene rings is 2. The van der Waals surface area contributed by atoms with Crippen molar-refractivity contribution in [1.29, 1.82) is 0 Å². The maximum atomic E-state index is 6.18. The molecule has 0 atom stereocenters. The molecule has 2 nitrogen and oxygen atoms in total. The summed E-state index contributed by atoms with van der Waals surface area (Å²) < 4.78 is 6.57. The second-order valence-corrected chi connectivity index (χ2v) is 5.92. The molecule has 0 saturated carbocycles. The van der Waals surface area contributed by atoms with E-state index < -0.39 is 0 Å². The van der Waals surface area contributed by atoms with Crippen LogP contribution in [0, 0.1) is 0 Å². The van der Waals surface area contributed by atoms with Crippen LogP contribution in [0.3, 0.4) is 0 Å². The zero-order valence-electron chi connectivity index (χ0n) is 10.9. The van der Waals surface area contributed by atoms with Gasteiger partial charge < -0.3 is 10.1 Å². The van der Waals surface area contributed by atoms with Gasteiger partial charge in [0.2, 0.25) is 0 Å². The Hall–Kier alpha value is -0.900. The van der Waals surface area contributed by atoms with E-state index in [0.717, 1.165) is 26.5 Å². The zero-order chi connectivity index (χ0) is 14.5. The summed E-state index contributed by atoms with van der Waals surface area (Å²) in [7, 11) is 0. The zero-order valence-corrected chi connectivity index (χ0v) is 14.0. The minimum Gasteiger partial charge on any atom is -0.492 e. The van der Waals surface area contributed by atoms with Crippen LogP contribution in [0.15, 0.2) is 40.9 Å². The molecule has 0 aliphatic carbocycles. The minimum atomic E-state index is 0.596. The van der Waals surface area contributed by atoms with Crippen LogP contribution in [0.25, 0.3) is 0 Å². The largest absolute Gasteiger partial charge is 0.492 e. The molecule has 0 radical (unpaired) electrons. The Labute approximate surface area is 137 Å². The maximum Gasteiger partial charge on any atom is 0.142 e. The topological polar surface area (TPSA) is 21.3 Å². The Morgan fingerprint density at radius 1 is 1.15 bits per heavy atom. The molecule has 20 heavy (non-hydrogen) atoms. The van der Waals surface area contributed by atoms with E-state index in [1.165, 1.54) is 0 Å². The SMILES string of the molecule is CCOc1ccc(Cl)cc1NCc1cc(Br)ccc1Cl. The highest BCUT2D eigenvalue weighted by molar-refractivity contribution is 9.10. The van der Waals surface area contributed by atoms with E-state index in [1.54, 1.807) is 0 Å². The average molecular weight is 375 g/mol. The van der Waals surface area contributed by atoms with Gasteiger partial charge in [0.25, 0.3) is 0 Å². The number of halogens is 3. The molecular weight excluding hydrogens is 361 g/mol. The van der Waals surface area contributed by atoms with Crippen molar-refractivity contribution in [3.63, 3.8) is 0 Å². The third-order valence-electron chi connectivity index (χ3n) is 2.72. The van der Waals surface area contributed by atoms with Crippen LogP contribution in [-0.4, -0.2) is 6.61 Å². The molecule has 1 N–H and O–H groups in total. The van der Waals surface area contributed by atoms with E-state index in [9.17, 15) is 0 Å². The van der Waals surface area contributed by atoms with Gasteiger partial charge in [0, 0.05) is 21.1 Å². The van der Waals surface area contributed by atoms with E-state index in [0.29, 0.717) is 18.2 Å². The van der Waals surface area contributed by atoms with Gasteiger partial charge >= 0.3 is 0 Å². The quantitative estimate of drug-likeness (QED) is 0.717. The lowest BCUT2D eigenvalue weighted by molar-refractivity contribution is 0.341. The van der Waals surface area contributed by atoms with Gasteiger partial charge in [0.05, 0.1) is 12.3 Å². The van der Waals surface area contributed by atoms with Crippen molar-refractivity contribution in [2.24, 2.45) is 0 Å². The summed E-state index contributed by atoms with van der Waals surface area (Å²) in [6, 6.07) is 11.3. The van der Waals surface area contributed by atoms with Crippen molar-refractivity contribution in [3.05, 3.63) is 56.5 Å². The lowest BCUT2D eigenvalue weighted by atomic mass is 10.2. The third-order valence-corrected chi connectivity index (χ3v) is 3.82. The summed E-state index contributed by atoms with van der Waals surface area (Å²) in [5, 5.41) is 4.69. The van der Waals surface area contributed by atoms with Gasteiger partial charge in [0.15, 0.2) is 0 Å². The monoisotopic (exact) mass is 373 g/mol. The van der Waals surface area contributed by atoms with Gasteiger partial charge in [-0.25, -0.2) is 0 Å². The van der Waals surface area contributed by atoms with Crippen molar-refractivity contribution in [1.82, 2.24) is 0 Å². The molecule has 0 fully saturated rings. The van der Waals surface area contributed by atoms with Crippen LogP contribution in [0.4, 0.5) is 5.69 Å². The first kappa shape index (κ1) is 15.5.